The quantitative estimate of drug-likeness (QED) is 0.849. The molecule has 1 saturated carbocycles. The predicted molar refractivity (Wildman–Crippen MR) is 86.9 cm³/mol. The molecule has 4 nitrogen and oxygen atoms in total. The summed E-state index contributed by atoms with van der Waals surface area (Å²) in [7, 11) is 0. The smallest absolute Gasteiger partial charge is 0.224 e. The minimum absolute atomic E-state index is 0.128. The summed E-state index contributed by atoms with van der Waals surface area (Å²) in [6.07, 6.45) is 8.65. The van der Waals surface area contributed by atoms with Crippen molar-refractivity contribution >= 4 is 11.6 Å². The minimum atomic E-state index is 0.128. The fourth-order valence-electron chi connectivity index (χ4n) is 3.44. The van der Waals surface area contributed by atoms with Crippen molar-refractivity contribution in [3.8, 4) is 11.1 Å². The van der Waals surface area contributed by atoms with Gasteiger partial charge in [0.2, 0.25) is 5.91 Å². The summed E-state index contributed by atoms with van der Waals surface area (Å²) < 4.78 is 2.08. The molecule has 2 aliphatic rings. The third-order valence-electron chi connectivity index (χ3n) is 4.81. The Morgan fingerprint density at radius 3 is 2.77 bits per heavy atom. The summed E-state index contributed by atoms with van der Waals surface area (Å²) in [6, 6.07) is 7.33. The number of nitrogens with zero attached hydrogens (tertiary/aromatic N) is 3. The van der Waals surface area contributed by atoms with E-state index in [1.54, 1.807) is 6.92 Å². The molecule has 1 atom stereocenters. The van der Waals surface area contributed by atoms with Crippen molar-refractivity contribution in [2.24, 2.45) is 0 Å². The van der Waals surface area contributed by atoms with Gasteiger partial charge in [-0.3, -0.25) is 9.48 Å². The maximum Gasteiger partial charge on any atom is 0.224 e. The number of aryl methyl sites for hydroxylation is 1. The molecule has 0 saturated heterocycles. The molecule has 0 unspecified atom stereocenters. The van der Waals surface area contributed by atoms with Crippen LogP contribution in [0.25, 0.3) is 11.1 Å². The van der Waals surface area contributed by atoms with Crippen molar-refractivity contribution < 1.29 is 4.79 Å². The van der Waals surface area contributed by atoms with Crippen LogP contribution in [0.3, 0.4) is 0 Å². The Kier molecular flexibility index (Phi) is 3.06. The molecular formula is C18H21N3O. The first-order chi connectivity index (χ1) is 10.6. The molecule has 4 heteroatoms. The van der Waals surface area contributed by atoms with E-state index in [9.17, 15) is 4.79 Å². The van der Waals surface area contributed by atoms with E-state index in [0.717, 1.165) is 18.5 Å². The Morgan fingerprint density at radius 1 is 1.23 bits per heavy atom. The Hall–Kier alpha value is -2.10. The van der Waals surface area contributed by atoms with Crippen LogP contribution in [-0.2, 0) is 11.2 Å². The number of benzene rings is 1. The molecule has 2 aromatic rings. The number of aromatic nitrogens is 2. The van der Waals surface area contributed by atoms with Crippen LogP contribution in [0, 0.1) is 0 Å². The molecule has 1 aliphatic carbocycles. The highest BCUT2D eigenvalue weighted by Crippen LogP contribution is 2.37. The molecule has 22 heavy (non-hydrogen) atoms. The first kappa shape index (κ1) is 13.6. The van der Waals surface area contributed by atoms with Crippen LogP contribution in [-0.4, -0.2) is 21.7 Å². The van der Waals surface area contributed by atoms with Crippen LogP contribution >= 0.6 is 0 Å². The summed E-state index contributed by atoms with van der Waals surface area (Å²) in [5.74, 6) is 0.128. The first-order valence-electron chi connectivity index (χ1n) is 8.11. The van der Waals surface area contributed by atoms with Gasteiger partial charge in [0.1, 0.15) is 0 Å². The van der Waals surface area contributed by atoms with E-state index in [2.05, 4.69) is 41.1 Å². The number of hydrogen-bond acceptors (Lipinski definition) is 2. The monoisotopic (exact) mass is 295 g/mol. The van der Waals surface area contributed by atoms with Crippen LogP contribution in [0.4, 0.5) is 5.69 Å². The van der Waals surface area contributed by atoms with Gasteiger partial charge in [-0.1, -0.05) is 6.07 Å². The van der Waals surface area contributed by atoms with Crippen LogP contribution in [0.2, 0.25) is 0 Å². The molecule has 0 radical (unpaired) electrons. The van der Waals surface area contributed by atoms with Crippen LogP contribution in [0.15, 0.2) is 30.6 Å². The molecule has 0 N–H and O–H groups in total. The molecule has 1 amide bonds. The Bertz CT molecular complexity index is 730. The predicted octanol–water partition coefficient (Wildman–Crippen LogP) is 3.57. The van der Waals surface area contributed by atoms with Gasteiger partial charge in [0.05, 0.1) is 12.2 Å². The van der Waals surface area contributed by atoms with E-state index in [1.807, 2.05) is 11.1 Å². The van der Waals surface area contributed by atoms with Gasteiger partial charge in [0.25, 0.3) is 0 Å². The van der Waals surface area contributed by atoms with Gasteiger partial charge in [-0.15, -0.1) is 0 Å². The van der Waals surface area contributed by atoms with Crippen LogP contribution < -0.4 is 4.90 Å². The Balaban J connectivity index is 1.70. The number of anilines is 1. The lowest BCUT2D eigenvalue weighted by atomic mass is 9.94. The summed E-state index contributed by atoms with van der Waals surface area (Å²) in [4.78, 5) is 13.9. The van der Waals surface area contributed by atoms with Crippen molar-refractivity contribution in [2.45, 2.75) is 51.6 Å². The third-order valence-corrected chi connectivity index (χ3v) is 4.81. The number of carbonyl (C=O) groups excluding carboxylic acids is 1. The summed E-state index contributed by atoms with van der Waals surface area (Å²) >= 11 is 0. The lowest BCUT2D eigenvalue weighted by Crippen LogP contribution is -2.40. The summed E-state index contributed by atoms with van der Waals surface area (Å²) in [6.45, 7) is 3.77. The fraction of sp³-hybridized carbons (Fsp3) is 0.444. The van der Waals surface area contributed by atoms with Gasteiger partial charge < -0.3 is 4.90 Å². The van der Waals surface area contributed by atoms with Gasteiger partial charge >= 0.3 is 0 Å². The van der Waals surface area contributed by atoms with Crippen molar-refractivity contribution in [1.82, 2.24) is 9.78 Å². The topological polar surface area (TPSA) is 38.1 Å². The minimum Gasteiger partial charge on any atom is -0.310 e. The van der Waals surface area contributed by atoms with E-state index in [4.69, 9.17) is 0 Å². The zero-order valence-electron chi connectivity index (χ0n) is 13.1. The van der Waals surface area contributed by atoms with Crippen molar-refractivity contribution in [1.29, 1.82) is 0 Å². The van der Waals surface area contributed by atoms with Gasteiger partial charge in [-0.2, -0.15) is 5.10 Å². The standard InChI is InChI=1S/C18H21N3O/c1-12-3-4-15-9-14(5-8-18(15)21(12)13(2)22)16-10-19-20(11-16)17-6-7-17/h5,8-12,17H,3-4,6-7H2,1-2H3/t12-/m0/s1. The van der Waals surface area contributed by atoms with Crippen LogP contribution in [0.1, 0.15) is 44.7 Å². The highest BCUT2D eigenvalue weighted by atomic mass is 16.2. The molecule has 1 fully saturated rings. The molecule has 1 aliphatic heterocycles. The molecule has 0 spiro atoms. The molecule has 4 rings (SSSR count). The third kappa shape index (κ3) is 2.23. The first-order valence-corrected chi connectivity index (χ1v) is 8.11. The van der Waals surface area contributed by atoms with Crippen molar-refractivity contribution in [3.05, 3.63) is 36.2 Å². The number of rotatable bonds is 2. The number of carbonyl (C=O) groups is 1. The number of amides is 1. The zero-order valence-corrected chi connectivity index (χ0v) is 13.1. The molecule has 114 valence electrons. The summed E-state index contributed by atoms with van der Waals surface area (Å²) in [5.41, 5.74) is 4.71. The van der Waals surface area contributed by atoms with Crippen LogP contribution in [0.5, 0.6) is 0 Å². The SMILES string of the molecule is CC(=O)N1c2ccc(-c3cnn(C4CC4)c3)cc2CC[C@@H]1C. The highest BCUT2D eigenvalue weighted by Gasteiger charge is 2.27. The molecular weight excluding hydrogens is 274 g/mol. The lowest BCUT2D eigenvalue weighted by molar-refractivity contribution is -0.117. The second-order valence-electron chi connectivity index (χ2n) is 6.56. The maximum absolute atomic E-state index is 11.9. The normalized spacial score (nSPS) is 20.8. The van der Waals surface area contributed by atoms with Gasteiger partial charge in [-0.25, -0.2) is 0 Å². The van der Waals surface area contributed by atoms with E-state index < -0.39 is 0 Å². The molecule has 0 bridgehead atoms. The average Bonchev–Trinajstić information content (AvgIpc) is 3.24. The van der Waals surface area contributed by atoms with E-state index in [0.29, 0.717) is 6.04 Å². The zero-order chi connectivity index (χ0) is 15.3. The Morgan fingerprint density at radius 2 is 2.05 bits per heavy atom. The maximum atomic E-state index is 11.9. The van der Waals surface area contributed by atoms with Crippen molar-refractivity contribution in [3.63, 3.8) is 0 Å². The molecule has 2 heterocycles. The fourth-order valence-corrected chi connectivity index (χ4v) is 3.44. The summed E-state index contributed by atoms with van der Waals surface area (Å²) in [5, 5.41) is 4.47. The average molecular weight is 295 g/mol. The van der Waals surface area contributed by atoms with E-state index in [1.165, 1.54) is 29.5 Å². The van der Waals surface area contributed by atoms with E-state index in [-0.39, 0.29) is 11.9 Å². The van der Waals surface area contributed by atoms with E-state index >= 15 is 0 Å². The number of fused-ring (bicyclic) bond motifs is 1. The van der Waals surface area contributed by atoms with Gasteiger partial charge in [0.15, 0.2) is 0 Å². The molecule has 1 aromatic heterocycles. The Labute approximate surface area is 130 Å². The van der Waals surface area contributed by atoms with Crippen molar-refractivity contribution in [2.75, 3.05) is 4.90 Å². The lowest BCUT2D eigenvalue weighted by Gasteiger charge is -2.34. The second kappa shape index (κ2) is 4.97. The van der Waals surface area contributed by atoms with Gasteiger partial charge in [0, 0.05) is 30.4 Å². The molecule has 1 aromatic carbocycles. The second-order valence-corrected chi connectivity index (χ2v) is 6.56. The largest absolute Gasteiger partial charge is 0.310 e. The highest BCUT2D eigenvalue weighted by molar-refractivity contribution is 5.94. The van der Waals surface area contributed by atoms with Gasteiger partial charge in [-0.05, 0) is 55.9 Å². The number of hydrogen-bond donors (Lipinski definition) is 0.